The summed E-state index contributed by atoms with van der Waals surface area (Å²) in [4.78, 5) is 18.8. The minimum absolute atomic E-state index is 0.000417. The molecule has 110 valence electrons. The smallest absolute Gasteiger partial charge is 0.256 e. The number of anilines is 1. The van der Waals surface area contributed by atoms with Gasteiger partial charge >= 0.3 is 0 Å². The lowest BCUT2D eigenvalue weighted by Crippen LogP contribution is -2.43. The molecule has 21 heavy (non-hydrogen) atoms. The first-order valence-corrected chi connectivity index (χ1v) is 7.16. The third kappa shape index (κ3) is 2.56. The van der Waals surface area contributed by atoms with Gasteiger partial charge in [-0.1, -0.05) is 24.3 Å². The molecule has 1 saturated heterocycles. The van der Waals surface area contributed by atoms with Crippen LogP contribution in [-0.4, -0.2) is 42.1 Å². The number of hydrogen-bond donors (Lipinski definition) is 1. The molecule has 2 heterocycles. The predicted molar refractivity (Wildman–Crippen MR) is 82.1 cm³/mol. The van der Waals surface area contributed by atoms with Gasteiger partial charge in [-0.05, 0) is 18.2 Å². The number of pyridine rings is 1. The number of aromatic nitrogens is 1. The van der Waals surface area contributed by atoms with Crippen LogP contribution in [0.3, 0.4) is 0 Å². The monoisotopic (exact) mass is 285 g/mol. The highest BCUT2D eigenvalue weighted by molar-refractivity contribution is 6.08. The molecule has 0 aliphatic carbocycles. The highest BCUT2D eigenvalue weighted by Crippen LogP contribution is 2.24. The third-order valence-corrected chi connectivity index (χ3v) is 4.06. The number of ether oxygens (including phenoxy) is 1. The van der Waals surface area contributed by atoms with E-state index in [-0.39, 0.29) is 12.0 Å². The normalized spacial score (nSPS) is 18.9. The largest absolute Gasteiger partial charge is 0.383 e. The number of nitrogens with zero attached hydrogens (tertiary/aromatic N) is 2. The van der Waals surface area contributed by atoms with Gasteiger partial charge in [-0.25, -0.2) is 4.98 Å². The van der Waals surface area contributed by atoms with E-state index in [9.17, 15) is 4.79 Å². The molecule has 1 aliphatic heterocycles. The second kappa shape index (κ2) is 5.69. The molecule has 0 radical (unpaired) electrons. The summed E-state index contributed by atoms with van der Waals surface area (Å²) in [7, 11) is 1.69. The lowest BCUT2D eigenvalue weighted by Gasteiger charge is -2.32. The molecule has 3 rings (SSSR count). The second-order valence-electron chi connectivity index (χ2n) is 5.35. The van der Waals surface area contributed by atoms with Crippen molar-refractivity contribution in [3.8, 4) is 0 Å². The van der Waals surface area contributed by atoms with Crippen molar-refractivity contribution in [2.24, 2.45) is 0 Å². The number of carbonyl (C=O) groups is 1. The molecule has 5 heteroatoms. The van der Waals surface area contributed by atoms with Crippen LogP contribution in [0.4, 0.5) is 5.82 Å². The van der Waals surface area contributed by atoms with Crippen LogP contribution >= 0.6 is 0 Å². The van der Waals surface area contributed by atoms with Crippen LogP contribution in [-0.2, 0) is 4.74 Å². The third-order valence-electron chi connectivity index (χ3n) is 4.06. The van der Waals surface area contributed by atoms with Gasteiger partial charge in [0.25, 0.3) is 5.91 Å². The Bertz CT molecular complexity index is 672. The number of carbonyl (C=O) groups excluding carboxylic acids is 1. The molecule has 5 nitrogen and oxygen atoms in total. The van der Waals surface area contributed by atoms with Crippen molar-refractivity contribution >= 4 is 22.5 Å². The first-order valence-electron chi connectivity index (χ1n) is 7.16. The zero-order chi connectivity index (χ0) is 14.8. The van der Waals surface area contributed by atoms with E-state index >= 15 is 0 Å². The van der Waals surface area contributed by atoms with Crippen LogP contribution in [0.5, 0.6) is 0 Å². The number of amides is 1. The second-order valence-corrected chi connectivity index (χ2v) is 5.35. The number of piperidine rings is 1. The molecule has 2 aromatic rings. The SMILES string of the molecule is COC1CCCN(C(=O)c2cnc(N)c3ccccc23)C1. The van der Waals surface area contributed by atoms with Gasteiger partial charge in [0, 0.05) is 31.8 Å². The van der Waals surface area contributed by atoms with E-state index in [0.717, 1.165) is 30.2 Å². The number of benzene rings is 1. The molecule has 1 unspecified atom stereocenters. The fourth-order valence-electron chi connectivity index (χ4n) is 2.87. The van der Waals surface area contributed by atoms with Gasteiger partial charge in [0.15, 0.2) is 0 Å². The van der Waals surface area contributed by atoms with Gasteiger partial charge < -0.3 is 15.4 Å². The summed E-state index contributed by atoms with van der Waals surface area (Å²) in [5, 5.41) is 1.68. The van der Waals surface area contributed by atoms with E-state index in [1.807, 2.05) is 29.2 Å². The maximum Gasteiger partial charge on any atom is 0.256 e. The Labute approximate surface area is 123 Å². The van der Waals surface area contributed by atoms with Gasteiger partial charge in [0.05, 0.1) is 11.7 Å². The highest BCUT2D eigenvalue weighted by Gasteiger charge is 2.25. The average Bonchev–Trinajstić information content (AvgIpc) is 2.55. The van der Waals surface area contributed by atoms with Crippen molar-refractivity contribution in [3.05, 3.63) is 36.0 Å². The summed E-state index contributed by atoms with van der Waals surface area (Å²) in [6, 6.07) is 7.62. The van der Waals surface area contributed by atoms with E-state index in [2.05, 4.69) is 4.98 Å². The Morgan fingerprint density at radius 3 is 2.90 bits per heavy atom. The van der Waals surface area contributed by atoms with Crippen LogP contribution in [0, 0.1) is 0 Å². The summed E-state index contributed by atoms with van der Waals surface area (Å²) >= 11 is 0. The fourth-order valence-corrected chi connectivity index (χ4v) is 2.87. The summed E-state index contributed by atoms with van der Waals surface area (Å²) in [6.45, 7) is 1.39. The molecule has 1 aromatic heterocycles. The molecule has 0 spiro atoms. The summed E-state index contributed by atoms with van der Waals surface area (Å²) < 4.78 is 5.38. The summed E-state index contributed by atoms with van der Waals surface area (Å²) in [5.74, 6) is 0.455. The van der Waals surface area contributed by atoms with E-state index in [1.54, 1.807) is 13.3 Å². The number of rotatable bonds is 2. The number of hydrogen-bond acceptors (Lipinski definition) is 4. The summed E-state index contributed by atoms with van der Waals surface area (Å²) in [6.07, 6.45) is 3.66. The van der Waals surface area contributed by atoms with Gasteiger partial charge in [-0.2, -0.15) is 0 Å². The minimum Gasteiger partial charge on any atom is -0.383 e. The summed E-state index contributed by atoms with van der Waals surface area (Å²) in [5.41, 5.74) is 6.50. The number of methoxy groups -OCH3 is 1. The maximum atomic E-state index is 12.8. The Kier molecular flexibility index (Phi) is 3.75. The predicted octanol–water partition coefficient (Wildman–Crippen LogP) is 2.07. The van der Waals surface area contributed by atoms with Crippen molar-refractivity contribution in [2.45, 2.75) is 18.9 Å². The fraction of sp³-hybridized carbons (Fsp3) is 0.375. The molecule has 1 atom stereocenters. The Morgan fingerprint density at radius 2 is 2.14 bits per heavy atom. The zero-order valence-corrected chi connectivity index (χ0v) is 12.1. The van der Waals surface area contributed by atoms with Gasteiger partial charge in [-0.3, -0.25) is 4.79 Å². The quantitative estimate of drug-likeness (QED) is 0.917. The Morgan fingerprint density at radius 1 is 1.38 bits per heavy atom. The van der Waals surface area contributed by atoms with Crippen molar-refractivity contribution in [1.29, 1.82) is 0 Å². The molecule has 1 aliphatic rings. The molecule has 1 aromatic carbocycles. The zero-order valence-electron chi connectivity index (χ0n) is 12.1. The lowest BCUT2D eigenvalue weighted by molar-refractivity contribution is 0.0270. The van der Waals surface area contributed by atoms with Crippen LogP contribution in [0.2, 0.25) is 0 Å². The highest BCUT2D eigenvalue weighted by atomic mass is 16.5. The number of likely N-dealkylation sites (tertiary alicyclic amines) is 1. The number of fused-ring (bicyclic) bond motifs is 1. The van der Waals surface area contributed by atoms with Gasteiger partial charge in [-0.15, -0.1) is 0 Å². The molecule has 2 N–H and O–H groups in total. The van der Waals surface area contributed by atoms with E-state index in [1.165, 1.54) is 0 Å². The topological polar surface area (TPSA) is 68.5 Å². The van der Waals surface area contributed by atoms with Crippen LogP contribution < -0.4 is 5.73 Å². The van der Waals surface area contributed by atoms with Crippen LogP contribution in [0.15, 0.2) is 30.5 Å². The van der Waals surface area contributed by atoms with Crippen LogP contribution in [0.1, 0.15) is 23.2 Å². The average molecular weight is 285 g/mol. The Hall–Kier alpha value is -2.14. The standard InChI is InChI=1S/C16H19N3O2/c1-21-11-5-4-8-19(10-11)16(20)14-9-18-15(17)13-7-3-2-6-12(13)14/h2-3,6-7,9,11H,4-5,8,10H2,1H3,(H2,17,18). The van der Waals surface area contributed by atoms with E-state index in [0.29, 0.717) is 17.9 Å². The van der Waals surface area contributed by atoms with Crippen molar-refractivity contribution in [3.63, 3.8) is 0 Å². The first kappa shape index (κ1) is 13.8. The van der Waals surface area contributed by atoms with Crippen molar-refractivity contribution in [2.75, 3.05) is 25.9 Å². The maximum absolute atomic E-state index is 12.8. The first-order chi connectivity index (χ1) is 10.2. The van der Waals surface area contributed by atoms with E-state index < -0.39 is 0 Å². The lowest BCUT2D eigenvalue weighted by atomic mass is 10.0. The molecule has 1 fully saturated rings. The number of nitrogen functional groups attached to an aromatic ring is 1. The van der Waals surface area contributed by atoms with Crippen molar-refractivity contribution in [1.82, 2.24) is 9.88 Å². The Balaban J connectivity index is 1.96. The van der Waals surface area contributed by atoms with Crippen molar-refractivity contribution < 1.29 is 9.53 Å². The molecule has 0 bridgehead atoms. The van der Waals surface area contributed by atoms with E-state index in [4.69, 9.17) is 10.5 Å². The molecular formula is C16H19N3O2. The van der Waals surface area contributed by atoms with Gasteiger partial charge in [0.1, 0.15) is 5.82 Å². The number of nitrogens with two attached hydrogens (primary N) is 1. The van der Waals surface area contributed by atoms with Crippen LogP contribution in [0.25, 0.3) is 10.8 Å². The molecule has 0 saturated carbocycles. The molecular weight excluding hydrogens is 266 g/mol. The van der Waals surface area contributed by atoms with Gasteiger partial charge in [0.2, 0.25) is 0 Å². The molecule has 1 amide bonds. The minimum atomic E-state index is 0.000417.